The molecule has 0 aliphatic rings. The van der Waals surface area contributed by atoms with Gasteiger partial charge in [0, 0.05) is 17.0 Å². The van der Waals surface area contributed by atoms with Gasteiger partial charge in [-0.3, -0.25) is 4.79 Å². The molecule has 0 unspecified atom stereocenters. The molecule has 33 heavy (non-hydrogen) atoms. The van der Waals surface area contributed by atoms with Crippen LogP contribution in [0.25, 0.3) is 0 Å². The van der Waals surface area contributed by atoms with Crippen molar-refractivity contribution in [2.24, 2.45) is 0 Å². The molecule has 0 atom stereocenters. The third kappa shape index (κ3) is 5.93. The second-order valence-electron chi connectivity index (χ2n) is 7.73. The molecule has 0 radical (unpaired) electrons. The second kappa shape index (κ2) is 11.4. The van der Waals surface area contributed by atoms with E-state index in [9.17, 15) is 4.79 Å². The van der Waals surface area contributed by atoms with E-state index < -0.39 is 0 Å². The van der Waals surface area contributed by atoms with Crippen LogP contribution in [0.3, 0.4) is 0 Å². The van der Waals surface area contributed by atoms with Gasteiger partial charge in [0.15, 0.2) is 5.78 Å². The SMILES string of the molecule is O=C(c1ccccc1)c1ccccc1.c1ccc(C(c2ccccc2)c2ccccc2)cc1. The van der Waals surface area contributed by atoms with Gasteiger partial charge < -0.3 is 0 Å². The van der Waals surface area contributed by atoms with E-state index in [1.54, 1.807) is 0 Å². The minimum Gasteiger partial charge on any atom is -0.289 e. The second-order valence-corrected chi connectivity index (χ2v) is 7.73. The maximum Gasteiger partial charge on any atom is 0.193 e. The Hall–Kier alpha value is -4.23. The Bertz CT molecular complexity index is 1100. The van der Waals surface area contributed by atoms with E-state index in [0.29, 0.717) is 5.92 Å². The van der Waals surface area contributed by atoms with Crippen LogP contribution in [-0.4, -0.2) is 5.78 Å². The molecule has 5 aromatic rings. The molecule has 0 saturated heterocycles. The third-order valence-corrected chi connectivity index (χ3v) is 5.47. The maximum atomic E-state index is 11.8. The third-order valence-electron chi connectivity index (χ3n) is 5.47. The minimum atomic E-state index is 0.0752. The number of ketones is 1. The van der Waals surface area contributed by atoms with Crippen molar-refractivity contribution in [3.05, 3.63) is 179 Å². The molecule has 0 saturated carbocycles. The number of hydrogen-bond donors (Lipinski definition) is 0. The average Bonchev–Trinajstić information content (AvgIpc) is 2.92. The zero-order valence-electron chi connectivity index (χ0n) is 18.4. The number of benzene rings is 5. The fourth-order valence-corrected chi connectivity index (χ4v) is 3.86. The van der Waals surface area contributed by atoms with Crippen LogP contribution in [0.4, 0.5) is 0 Å². The number of hydrogen-bond acceptors (Lipinski definition) is 1. The Balaban J connectivity index is 0.000000165. The van der Waals surface area contributed by atoms with Crippen molar-refractivity contribution in [3.63, 3.8) is 0 Å². The molecule has 160 valence electrons. The van der Waals surface area contributed by atoms with E-state index in [-0.39, 0.29) is 5.78 Å². The van der Waals surface area contributed by atoms with Crippen LogP contribution in [0.2, 0.25) is 0 Å². The lowest BCUT2D eigenvalue weighted by molar-refractivity contribution is 0.103. The lowest BCUT2D eigenvalue weighted by atomic mass is 9.85. The Kier molecular flexibility index (Phi) is 7.60. The molecule has 5 aromatic carbocycles. The summed E-state index contributed by atoms with van der Waals surface area (Å²) in [6.07, 6.45) is 0. The van der Waals surface area contributed by atoms with Gasteiger partial charge in [0.25, 0.3) is 0 Å². The predicted molar refractivity (Wildman–Crippen MR) is 137 cm³/mol. The molecule has 0 aromatic heterocycles. The number of carbonyl (C=O) groups is 1. The summed E-state index contributed by atoms with van der Waals surface area (Å²) in [4.78, 5) is 11.8. The van der Waals surface area contributed by atoms with Gasteiger partial charge in [-0.05, 0) is 16.7 Å². The van der Waals surface area contributed by atoms with E-state index >= 15 is 0 Å². The van der Waals surface area contributed by atoms with Crippen molar-refractivity contribution in [3.8, 4) is 0 Å². The van der Waals surface area contributed by atoms with Crippen LogP contribution in [0.15, 0.2) is 152 Å². The first kappa shape index (κ1) is 22.0. The topological polar surface area (TPSA) is 17.1 Å². The predicted octanol–water partition coefficient (Wildman–Crippen LogP) is 7.78. The standard InChI is InChI=1S/C19H16.C13H10O/c1-4-10-16(11-5-1)19(17-12-6-2-7-13-17)18-14-8-3-9-15-18;14-13(11-7-3-1-4-8-11)12-9-5-2-6-10-12/h1-15,19H;1-10H. The van der Waals surface area contributed by atoms with Gasteiger partial charge in [-0.1, -0.05) is 152 Å². The van der Waals surface area contributed by atoms with Crippen LogP contribution >= 0.6 is 0 Å². The van der Waals surface area contributed by atoms with Crippen LogP contribution < -0.4 is 0 Å². The van der Waals surface area contributed by atoms with Crippen LogP contribution in [-0.2, 0) is 0 Å². The van der Waals surface area contributed by atoms with Gasteiger partial charge in [-0.15, -0.1) is 0 Å². The molecule has 0 N–H and O–H groups in total. The summed E-state index contributed by atoms with van der Waals surface area (Å²) >= 11 is 0. The number of rotatable bonds is 5. The summed E-state index contributed by atoms with van der Waals surface area (Å²) in [6, 6.07) is 50.6. The zero-order chi connectivity index (χ0) is 22.7. The lowest BCUT2D eigenvalue weighted by Crippen LogP contribution is -2.02. The molecular weight excluding hydrogens is 400 g/mol. The van der Waals surface area contributed by atoms with E-state index in [2.05, 4.69) is 91.0 Å². The minimum absolute atomic E-state index is 0.0752. The quantitative estimate of drug-likeness (QED) is 0.207. The summed E-state index contributed by atoms with van der Waals surface area (Å²) in [7, 11) is 0. The largest absolute Gasteiger partial charge is 0.289 e. The van der Waals surface area contributed by atoms with Gasteiger partial charge >= 0.3 is 0 Å². The molecule has 5 rings (SSSR count). The smallest absolute Gasteiger partial charge is 0.193 e. The summed E-state index contributed by atoms with van der Waals surface area (Å²) in [5.74, 6) is 0.384. The monoisotopic (exact) mass is 426 g/mol. The van der Waals surface area contributed by atoms with Gasteiger partial charge in [-0.2, -0.15) is 0 Å². The molecule has 0 aliphatic heterocycles. The van der Waals surface area contributed by atoms with Crippen LogP contribution in [0.5, 0.6) is 0 Å². The van der Waals surface area contributed by atoms with Gasteiger partial charge in [0.2, 0.25) is 0 Å². The maximum absolute atomic E-state index is 11.8. The van der Waals surface area contributed by atoms with Crippen molar-refractivity contribution in [2.45, 2.75) is 5.92 Å². The Morgan fingerprint density at radius 3 is 0.879 bits per heavy atom. The normalized spacial score (nSPS) is 10.2. The first-order valence-electron chi connectivity index (χ1n) is 11.1. The molecule has 1 nitrogen and oxygen atoms in total. The van der Waals surface area contributed by atoms with Crippen molar-refractivity contribution in [1.82, 2.24) is 0 Å². The molecular formula is C32H26O. The van der Waals surface area contributed by atoms with Gasteiger partial charge in [0.1, 0.15) is 0 Å². The molecule has 0 amide bonds. The van der Waals surface area contributed by atoms with E-state index in [1.807, 2.05) is 60.7 Å². The first-order chi connectivity index (χ1) is 16.3. The molecule has 0 spiro atoms. The van der Waals surface area contributed by atoms with E-state index in [1.165, 1.54) is 16.7 Å². The summed E-state index contributed by atoms with van der Waals surface area (Å²) in [6.45, 7) is 0. The summed E-state index contributed by atoms with van der Waals surface area (Å²) < 4.78 is 0. The zero-order valence-corrected chi connectivity index (χ0v) is 18.4. The highest BCUT2D eigenvalue weighted by molar-refractivity contribution is 6.08. The van der Waals surface area contributed by atoms with Crippen molar-refractivity contribution in [1.29, 1.82) is 0 Å². The average molecular weight is 427 g/mol. The van der Waals surface area contributed by atoms with Crippen LogP contribution in [0, 0.1) is 0 Å². The first-order valence-corrected chi connectivity index (χ1v) is 11.1. The molecule has 1 heteroatoms. The Labute approximate surface area is 196 Å². The van der Waals surface area contributed by atoms with E-state index in [4.69, 9.17) is 0 Å². The van der Waals surface area contributed by atoms with E-state index in [0.717, 1.165) is 11.1 Å². The summed E-state index contributed by atoms with van der Waals surface area (Å²) in [5, 5.41) is 0. The number of carbonyl (C=O) groups excluding carboxylic acids is 1. The van der Waals surface area contributed by atoms with Crippen LogP contribution in [0.1, 0.15) is 38.5 Å². The molecule has 0 bridgehead atoms. The van der Waals surface area contributed by atoms with Crippen molar-refractivity contribution in [2.75, 3.05) is 0 Å². The molecule has 0 aliphatic carbocycles. The Morgan fingerprint density at radius 1 is 0.364 bits per heavy atom. The highest BCUT2D eigenvalue weighted by Gasteiger charge is 2.15. The Morgan fingerprint density at radius 2 is 0.606 bits per heavy atom. The van der Waals surface area contributed by atoms with Gasteiger partial charge in [-0.25, -0.2) is 0 Å². The van der Waals surface area contributed by atoms with Gasteiger partial charge in [0.05, 0.1) is 0 Å². The fraction of sp³-hybridized carbons (Fsp3) is 0.0312. The summed E-state index contributed by atoms with van der Waals surface area (Å²) in [5.41, 5.74) is 5.47. The lowest BCUT2D eigenvalue weighted by Gasteiger charge is -2.18. The fourth-order valence-electron chi connectivity index (χ4n) is 3.86. The highest BCUT2D eigenvalue weighted by Crippen LogP contribution is 2.31. The molecule has 0 heterocycles. The van der Waals surface area contributed by atoms with Crippen molar-refractivity contribution >= 4 is 5.78 Å². The highest BCUT2D eigenvalue weighted by atomic mass is 16.1. The van der Waals surface area contributed by atoms with Crippen molar-refractivity contribution < 1.29 is 4.79 Å². The molecule has 0 fully saturated rings.